The van der Waals surface area contributed by atoms with Gasteiger partial charge in [0.15, 0.2) is 0 Å². The van der Waals surface area contributed by atoms with Gasteiger partial charge in [0, 0.05) is 25.9 Å². The molecule has 0 saturated carbocycles. The van der Waals surface area contributed by atoms with Crippen molar-refractivity contribution >= 4 is 5.91 Å². The number of piperidine rings is 1. The molecule has 2 aliphatic rings. The fraction of sp³-hybridized carbons (Fsp3) is 0.650. The van der Waals surface area contributed by atoms with Crippen LogP contribution in [-0.2, 0) is 16.0 Å². The zero-order valence-electron chi connectivity index (χ0n) is 14.7. The topological polar surface area (TPSA) is 49.8 Å². The molecule has 2 fully saturated rings. The molecule has 2 heterocycles. The van der Waals surface area contributed by atoms with E-state index < -0.39 is 5.60 Å². The molecule has 4 heteroatoms. The summed E-state index contributed by atoms with van der Waals surface area (Å²) in [4.78, 5) is 14.4. The minimum absolute atomic E-state index is 0.220. The van der Waals surface area contributed by atoms with E-state index in [4.69, 9.17) is 4.74 Å². The van der Waals surface area contributed by atoms with E-state index in [0.29, 0.717) is 25.9 Å². The second-order valence-electron chi connectivity index (χ2n) is 7.68. The van der Waals surface area contributed by atoms with Gasteiger partial charge in [0.2, 0.25) is 5.91 Å². The first-order chi connectivity index (χ1) is 11.5. The molecule has 0 radical (unpaired) electrons. The zero-order chi connectivity index (χ0) is 17.0. The Balaban J connectivity index is 1.43. The first-order valence-electron chi connectivity index (χ1n) is 9.16. The quantitative estimate of drug-likeness (QED) is 0.923. The summed E-state index contributed by atoms with van der Waals surface area (Å²) in [6.07, 6.45) is 5.54. The predicted molar refractivity (Wildman–Crippen MR) is 93.7 cm³/mol. The lowest BCUT2D eigenvalue weighted by molar-refractivity contribution is -0.175. The summed E-state index contributed by atoms with van der Waals surface area (Å²) in [5.74, 6) is 0.253. The third-order valence-electron chi connectivity index (χ3n) is 5.48. The number of likely N-dealkylation sites (tertiary alicyclic amines) is 1. The minimum atomic E-state index is -0.625. The molecule has 24 heavy (non-hydrogen) atoms. The highest BCUT2D eigenvalue weighted by atomic mass is 16.5. The van der Waals surface area contributed by atoms with E-state index in [1.54, 1.807) is 0 Å². The SMILES string of the molecule is CC1(O)CCOC2(CCN(C(=O)CCCc3ccccc3)CC2)C1. The van der Waals surface area contributed by atoms with Gasteiger partial charge in [-0.15, -0.1) is 0 Å². The van der Waals surface area contributed by atoms with Crippen molar-refractivity contribution in [3.8, 4) is 0 Å². The summed E-state index contributed by atoms with van der Waals surface area (Å²) in [5.41, 5.74) is 0.448. The van der Waals surface area contributed by atoms with Crippen molar-refractivity contribution in [2.45, 2.75) is 63.1 Å². The summed E-state index contributed by atoms with van der Waals surface area (Å²) in [7, 11) is 0. The fourth-order valence-corrected chi connectivity index (χ4v) is 4.05. The van der Waals surface area contributed by atoms with E-state index in [-0.39, 0.29) is 11.5 Å². The van der Waals surface area contributed by atoms with Crippen LogP contribution in [0.1, 0.15) is 51.0 Å². The maximum absolute atomic E-state index is 12.4. The smallest absolute Gasteiger partial charge is 0.222 e. The molecule has 1 unspecified atom stereocenters. The number of amides is 1. The Bertz CT molecular complexity index is 547. The van der Waals surface area contributed by atoms with Crippen LogP contribution in [0.4, 0.5) is 0 Å². The Morgan fingerprint density at radius 3 is 2.58 bits per heavy atom. The molecule has 4 nitrogen and oxygen atoms in total. The van der Waals surface area contributed by atoms with Crippen LogP contribution in [0.2, 0.25) is 0 Å². The number of ether oxygens (including phenoxy) is 1. The number of hydrogen-bond acceptors (Lipinski definition) is 3. The van der Waals surface area contributed by atoms with Crippen molar-refractivity contribution in [2.24, 2.45) is 0 Å². The second kappa shape index (κ2) is 7.24. The summed E-state index contributed by atoms with van der Waals surface area (Å²) >= 11 is 0. The van der Waals surface area contributed by atoms with Gasteiger partial charge in [-0.05, 0) is 44.6 Å². The third kappa shape index (κ3) is 4.37. The molecule has 0 aromatic heterocycles. The average Bonchev–Trinajstić information content (AvgIpc) is 2.55. The maximum atomic E-state index is 12.4. The van der Waals surface area contributed by atoms with E-state index in [9.17, 15) is 9.90 Å². The van der Waals surface area contributed by atoms with E-state index in [1.165, 1.54) is 5.56 Å². The molecule has 1 amide bonds. The van der Waals surface area contributed by atoms with Gasteiger partial charge in [0.1, 0.15) is 0 Å². The molecule has 0 aliphatic carbocycles. The highest BCUT2D eigenvalue weighted by Crippen LogP contribution is 2.39. The van der Waals surface area contributed by atoms with E-state index in [0.717, 1.165) is 38.8 Å². The van der Waals surface area contributed by atoms with Gasteiger partial charge in [0.05, 0.1) is 17.8 Å². The van der Waals surface area contributed by atoms with Crippen molar-refractivity contribution in [1.82, 2.24) is 4.90 Å². The lowest BCUT2D eigenvalue weighted by Gasteiger charge is -2.48. The number of carbonyl (C=O) groups excluding carboxylic acids is 1. The van der Waals surface area contributed by atoms with Crippen LogP contribution in [0.5, 0.6) is 0 Å². The molecule has 1 aromatic carbocycles. The molecule has 1 N–H and O–H groups in total. The van der Waals surface area contributed by atoms with Crippen LogP contribution >= 0.6 is 0 Å². The van der Waals surface area contributed by atoms with Crippen molar-refractivity contribution in [2.75, 3.05) is 19.7 Å². The van der Waals surface area contributed by atoms with Gasteiger partial charge in [-0.1, -0.05) is 30.3 Å². The van der Waals surface area contributed by atoms with Crippen LogP contribution in [-0.4, -0.2) is 46.8 Å². The molecular weight excluding hydrogens is 302 g/mol. The number of hydrogen-bond donors (Lipinski definition) is 1. The summed E-state index contributed by atoms with van der Waals surface area (Å²) < 4.78 is 6.01. The van der Waals surface area contributed by atoms with Crippen molar-refractivity contribution in [1.29, 1.82) is 0 Å². The Labute approximate surface area is 144 Å². The van der Waals surface area contributed by atoms with Gasteiger partial charge < -0.3 is 14.7 Å². The van der Waals surface area contributed by atoms with Crippen LogP contribution in [0.3, 0.4) is 0 Å². The van der Waals surface area contributed by atoms with Crippen molar-refractivity contribution < 1.29 is 14.6 Å². The molecule has 1 aromatic rings. The minimum Gasteiger partial charge on any atom is -0.390 e. The van der Waals surface area contributed by atoms with Gasteiger partial charge in [-0.2, -0.15) is 0 Å². The monoisotopic (exact) mass is 331 g/mol. The number of nitrogens with zero attached hydrogens (tertiary/aromatic N) is 1. The van der Waals surface area contributed by atoms with Gasteiger partial charge in [0.25, 0.3) is 0 Å². The highest BCUT2D eigenvalue weighted by Gasteiger charge is 2.44. The maximum Gasteiger partial charge on any atom is 0.222 e. The average molecular weight is 331 g/mol. The Hall–Kier alpha value is -1.39. The van der Waals surface area contributed by atoms with Gasteiger partial charge >= 0.3 is 0 Å². The van der Waals surface area contributed by atoms with E-state index in [1.807, 2.05) is 30.0 Å². The Morgan fingerprint density at radius 2 is 1.92 bits per heavy atom. The number of rotatable bonds is 4. The van der Waals surface area contributed by atoms with Crippen LogP contribution in [0.15, 0.2) is 30.3 Å². The molecule has 1 atom stereocenters. The largest absolute Gasteiger partial charge is 0.390 e. The molecule has 3 rings (SSSR count). The first-order valence-corrected chi connectivity index (χ1v) is 9.16. The van der Waals surface area contributed by atoms with Crippen molar-refractivity contribution in [3.05, 3.63) is 35.9 Å². The number of aliphatic hydroxyl groups is 1. The van der Waals surface area contributed by atoms with Gasteiger partial charge in [-0.25, -0.2) is 0 Å². The molecule has 1 spiro atoms. The van der Waals surface area contributed by atoms with Gasteiger partial charge in [-0.3, -0.25) is 4.79 Å². The lowest BCUT2D eigenvalue weighted by atomic mass is 9.78. The summed E-state index contributed by atoms with van der Waals surface area (Å²) in [5, 5.41) is 10.3. The molecule has 132 valence electrons. The first kappa shape index (κ1) is 17.4. The van der Waals surface area contributed by atoms with Crippen LogP contribution in [0, 0.1) is 0 Å². The third-order valence-corrected chi connectivity index (χ3v) is 5.48. The summed E-state index contributed by atoms with van der Waals surface area (Å²) in [6, 6.07) is 10.3. The molecule has 2 saturated heterocycles. The summed E-state index contributed by atoms with van der Waals surface area (Å²) in [6.45, 7) is 4.02. The fourth-order valence-electron chi connectivity index (χ4n) is 4.05. The van der Waals surface area contributed by atoms with E-state index in [2.05, 4.69) is 12.1 Å². The predicted octanol–water partition coefficient (Wildman–Crippen LogP) is 2.93. The molecule has 2 aliphatic heterocycles. The van der Waals surface area contributed by atoms with Crippen LogP contribution in [0.25, 0.3) is 0 Å². The molecule has 0 bridgehead atoms. The zero-order valence-corrected chi connectivity index (χ0v) is 14.7. The van der Waals surface area contributed by atoms with Crippen molar-refractivity contribution in [3.63, 3.8) is 0 Å². The Kier molecular flexibility index (Phi) is 5.26. The second-order valence-corrected chi connectivity index (χ2v) is 7.68. The number of benzene rings is 1. The number of aryl methyl sites for hydroxylation is 1. The molecular formula is C20H29NO3. The van der Waals surface area contributed by atoms with Crippen LogP contribution < -0.4 is 0 Å². The normalized spacial score (nSPS) is 26.5. The highest BCUT2D eigenvalue weighted by molar-refractivity contribution is 5.76. The Morgan fingerprint density at radius 1 is 1.21 bits per heavy atom. The lowest BCUT2D eigenvalue weighted by Crippen LogP contribution is -2.54. The standard InChI is InChI=1S/C20H29NO3/c1-19(23)12-15-24-20(16-19)10-13-21(14-11-20)18(22)9-5-8-17-6-3-2-4-7-17/h2-4,6-7,23H,5,8-16H2,1H3. The van der Waals surface area contributed by atoms with E-state index >= 15 is 0 Å². The number of carbonyl (C=O) groups is 1.